The summed E-state index contributed by atoms with van der Waals surface area (Å²) in [5.41, 5.74) is 0.388. The van der Waals surface area contributed by atoms with Gasteiger partial charge in [0.25, 0.3) is 25.8 Å². The third kappa shape index (κ3) is 14.0. The summed E-state index contributed by atoms with van der Waals surface area (Å²) in [4.78, 5) is 24.3. The molecule has 21 heteroatoms. The van der Waals surface area contributed by atoms with Crippen LogP contribution in [-0.2, 0) is 26.9 Å². The number of thioether (sulfide) groups is 1. The van der Waals surface area contributed by atoms with E-state index in [1.165, 1.54) is 23.9 Å². The van der Waals surface area contributed by atoms with E-state index < -0.39 is 41.2 Å². The quantitative estimate of drug-likeness (QED) is 0.0360. The lowest BCUT2D eigenvalue weighted by Gasteiger charge is -2.37. The summed E-state index contributed by atoms with van der Waals surface area (Å²) < 4.78 is 115. The number of halogens is 4. The second-order valence-corrected chi connectivity index (χ2v) is 24.5. The zero-order valence-corrected chi connectivity index (χ0v) is 46.4. The number of piperazine rings is 2. The van der Waals surface area contributed by atoms with Crippen LogP contribution in [0.4, 0.5) is 40.3 Å². The Balaban J connectivity index is 0.950. The van der Waals surface area contributed by atoms with Crippen molar-refractivity contribution in [2.75, 3.05) is 119 Å². The largest absolute Gasteiger partial charge is 0.501 e. The third-order valence-corrected chi connectivity index (χ3v) is 18.2. The maximum atomic E-state index is 14.2. The molecule has 1 aromatic heterocycles. The summed E-state index contributed by atoms with van der Waals surface area (Å²) in [5, 5.41) is 6.19. The van der Waals surface area contributed by atoms with E-state index in [2.05, 4.69) is 48.1 Å². The number of hydrogen-bond acceptors (Lipinski definition) is 12. The third-order valence-electron chi connectivity index (χ3n) is 14.2. The molecule has 0 spiro atoms. The van der Waals surface area contributed by atoms with Crippen LogP contribution in [0.2, 0.25) is 0 Å². The number of likely N-dealkylation sites (N-methyl/N-ethyl adjacent to an activating group) is 1. The highest BCUT2D eigenvalue weighted by molar-refractivity contribution is 7.99. The zero-order valence-electron chi connectivity index (χ0n) is 44.0. The van der Waals surface area contributed by atoms with Crippen molar-refractivity contribution >= 4 is 60.3 Å². The van der Waals surface area contributed by atoms with Crippen LogP contribution in [0, 0.1) is 12.7 Å². The molecular formula is C56H67F4N9O5S3. The Kier molecular flexibility index (Phi) is 18.3. The van der Waals surface area contributed by atoms with E-state index in [0.29, 0.717) is 63.1 Å². The predicted octanol–water partition coefficient (Wildman–Crippen LogP) is 9.12. The molecule has 6 aromatic rings. The number of carbonyl (C=O) groups excluding carboxylic acids is 1. The maximum Gasteiger partial charge on any atom is 0.501 e. The van der Waals surface area contributed by atoms with Gasteiger partial charge in [0.2, 0.25) is 0 Å². The van der Waals surface area contributed by atoms with Gasteiger partial charge in [0, 0.05) is 111 Å². The lowest BCUT2D eigenvalue weighted by molar-refractivity contribution is -0.0435. The number of rotatable bonds is 21. The van der Waals surface area contributed by atoms with Gasteiger partial charge in [0.05, 0.1) is 21.8 Å². The standard InChI is InChI=1S/C56H67F4N9O5S3/c1-40-52(55(70)61-26-10-27-67-31-29-65(4)30-32-67)53(54(66(40)5)41-15-17-43(57)18-16-41)42-11-9-12-47(37-42)69-35-33-68(34-36-69)46-21-19-44(20-22-46)63-77(73,74)49-23-24-50(51(38-49)76(71,72)56(58,59)60)62-45(25-28-64(2)3)39-75-48-13-7-6-8-14-48/h6-9,11-24,37-38,45,62-63H,10,25-36,39H2,1-5H3,(H,61,70)/t45-/m1/s1. The van der Waals surface area contributed by atoms with Crippen LogP contribution >= 0.6 is 11.8 Å². The summed E-state index contributed by atoms with van der Waals surface area (Å²) in [6.07, 6.45) is 1.28. The van der Waals surface area contributed by atoms with Crippen LogP contribution in [0.1, 0.15) is 28.9 Å². The Morgan fingerprint density at radius 2 is 1.42 bits per heavy atom. The lowest BCUT2D eigenvalue weighted by Crippen LogP contribution is -2.46. The molecule has 5 aromatic carbocycles. The first-order valence-electron chi connectivity index (χ1n) is 25.6. The highest BCUT2D eigenvalue weighted by atomic mass is 32.2. The molecular weight excluding hydrogens is 1050 g/mol. The molecule has 0 bridgehead atoms. The average molecular weight is 1120 g/mol. The smallest absolute Gasteiger partial charge is 0.380 e. The van der Waals surface area contributed by atoms with E-state index in [0.717, 1.165) is 95.6 Å². The van der Waals surface area contributed by atoms with E-state index in [-0.39, 0.29) is 23.1 Å². The second kappa shape index (κ2) is 24.7. The van der Waals surface area contributed by atoms with Gasteiger partial charge >= 0.3 is 5.51 Å². The predicted molar refractivity (Wildman–Crippen MR) is 301 cm³/mol. The Bertz CT molecular complexity index is 3200. The number of amides is 1. The van der Waals surface area contributed by atoms with Crippen LogP contribution < -0.4 is 25.2 Å². The van der Waals surface area contributed by atoms with Gasteiger partial charge < -0.3 is 39.7 Å². The minimum absolute atomic E-state index is 0.128. The number of aromatic nitrogens is 1. The van der Waals surface area contributed by atoms with Crippen molar-refractivity contribution in [3.8, 4) is 22.4 Å². The number of alkyl halides is 3. The highest BCUT2D eigenvalue weighted by Crippen LogP contribution is 2.41. The van der Waals surface area contributed by atoms with Gasteiger partial charge in [-0.3, -0.25) is 9.52 Å². The fourth-order valence-corrected chi connectivity index (χ4v) is 12.8. The molecule has 0 saturated carbocycles. The van der Waals surface area contributed by atoms with Crippen molar-refractivity contribution in [1.82, 2.24) is 24.6 Å². The Hall–Kier alpha value is -6.10. The molecule has 2 saturated heterocycles. The van der Waals surface area contributed by atoms with Crippen molar-refractivity contribution in [3.05, 3.63) is 138 Å². The second-order valence-electron chi connectivity index (χ2n) is 19.8. The number of sulfonamides is 1. The minimum atomic E-state index is -6.00. The van der Waals surface area contributed by atoms with Crippen LogP contribution in [0.5, 0.6) is 0 Å². The van der Waals surface area contributed by atoms with Crippen LogP contribution in [0.3, 0.4) is 0 Å². The van der Waals surface area contributed by atoms with Crippen LogP contribution in [-0.4, -0.2) is 152 Å². The van der Waals surface area contributed by atoms with Crippen LogP contribution in [0.15, 0.2) is 136 Å². The summed E-state index contributed by atoms with van der Waals surface area (Å²) in [6, 6.07) is 32.6. The number of nitrogens with one attached hydrogen (secondary N) is 3. The number of nitrogens with zero attached hydrogens (tertiary/aromatic N) is 6. The summed E-state index contributed by atoms with van der Waals surface area (Å²) in [6.45, 7) is 10.5. The minimum Gasteiger partial charge on any atom is -0.380 e. The van der Waals surface area contributed by atoms with Gasteiger partial charge in [0.1, 0.15) is 10.7 Å². The van der Waals surface area contributed by atoms with Gasteiger partial charge in [-0.15, -0.1) is 11.8 Å². The van der Waals surface area contributed by atoms with E-state index in [1.807, 2.05) is 86.1 Å². The molecule has 1 atom stereocenters. The molecule has 2 aliphatic heterocycles. The van der Waals surface area contributed by atoms with Crippen molar-refractivity contribution < 1.29 is 39.2 Å². The molecule has 2 fully saturated rings. The summed E-state index contributed by atoms with van der Waals surface area (Å²) >= 11 is 1.46. The molecule has 14 nitrogen and oxygen atoms in total. The highest BCUT2D eigenvalue weighted by Gasteiger charge is 2.48. The Labute approximate surface area is 454 Å². The summed E-state index contributed by atoms with van der Waals surface area (Å²) in [7, 11) is -2.82. The van der Waals surface area contributed by atoms with Crippen LogP contribution in [0.25, 0.3) is 22.4 Å². The first-order chi connectivity index (χ1) is 36.7. The molecule has 412 valence electrons. The molecule has 0 aliphatic carbocycles. The number of benzene rings is 5. The average Bonchev–Trinajstić information content (AvgIpc) is 3.68. The first kappa shape index (κ1) is 57.1. The van der Waals surface area contributed by atoms with Gasteiger partial charge in [0.15, 0.2) is 0 Å². The van der Waals surface area contributed by atoms with Crippen molar-refractivity contribution in [3.63, 3.8) is 0 Å². The molecule has 8 rings (SSSR count). The Morgan fingerprint density at radius 3 is 2.06 bits per heavy atom. The molecule has 2 aliphatic rings. The lowest BCUT2D eigenvalue weighted by atomic mass is 9.95. The Morgan fingerprint density at radius 1 is 0.753 bits per heavy atom. The molecule has 77 heavy (non-hydrogen) atoms. The van der Waals surface area contributed by atoms with E-state index in [4.69, 9.17) is 0 Å². The van der Waals surface area contributed by atoms with E-state index in [1.54, 1.807) is 36.4 Å². The topological polar surface area (TPSA) is 143 Å². The fraction of sp³-hybridized carbons (Fsp3) is 0.375. The SMILES string of the molecule is Cc1c(C(=O)NCCCN2CCN(C)CC2)c(-c2cccc(N3CCN(c4ccc(NS(=O)(=O)c5ccc(N[C@H](CCN(C)C)CSc6ccccc6)c(S(=O)(=O)C(F)(F)F)c5)cc4)CC3)c2)c(-c2ccc(F)cc2)n1C. The van der Waals surface area contributed by atoms with Crippen molar-refractivity contribution in [1.29, 1.82) is 0 Å². The number of carbonyl (C=O) groups is 1. The molecule has 1 amide bonds. The molecule has 0 radical (unpaired) electrons. The molecule has 3 N–H and O–H groups in total. The van der Waals surface area contributed by atoms with Gasteiger partial charge in [-0.1, -0.05) is 30.3 Å². The fourth-order valence-electron chi connectivity index (χ4n) is 9.69. The van der Waals surface area contributed by atoms with Gasteiger partial charge in [-0.2, -0.15) is 13.2 Å². The van der Waals surface area contributed by atoms with Gasteiger partial charge in [-0.25, -0.2) is 21.2 Å². The van der Waals surface area contributed by atoms with E-state index >= 15 is 0 Å². The monoisotopic (exact) mass is 1120 g/mol. The first-order valence-corrected chi connectivity index (χ1v) is 29.6. The number of anilines is 4. The molecule has 0 unspecified atom stereocenters. The van der Waals surface area contributed by atoms with E-state index in [9.17, 15) is 39.2 Å². The van der Waals surface area contributed by atoms with Crippen molar-refractivity contribution in [2.24, 2.45) is 7.05 Å². The van der Waals surface area contributed by atoms with Gasteiger partial charge in [-0.05, 0) is 156 Å². The number of sulfone groups is 1. The zero-order chi connectivity index (χ0) is 55.1. The van der Waals surface area contributed by atoms with Crippen molar-refractivity contribution in [2.45, 2.75) is 46.0 Å². The maximum absolute atomic E-state index is 14.2. The molecule has 3 heterocycles. The summed E-state index contributed by atoms with van der Waals surface area (Å²) in [5.74, 6) is -0.131. The normalized spacial score (nSPS) is 15.5. The number of hydrogen-bond donors (Lipinski definition) is 3.